The van der Waals surface area contributed by atoms with E-state index in [1.807, 2.05) is 37.3 Å². The van der Waals surface area contributed by atoms with Gasteiger partial charge in [0.2, 0.25) is 0 Å². The van der Waals surface area contributed by atoms with Crippen molar-refractivity contribution in [2.45, 2.75) is 26.8 Å². The molecule has 2 aromatic rings. The molecule has 1 atom stereocenters. The molecule has 1 aliphatic heterocycles. The van der Waals surface area contributed by atoms with Gasteiger partial charge in [0.25, 0.3) is 5.91 Å². The first-order valence-electron chi connectivity index (χ1n) is 8.00. The van der Waals surface area contributed by atoms with Gasteiger partial charge in [0, 0.05) is 18.8 Å². The zero-order valence-electron chi connectivity index (χ0n) is 13.9. The molecule has 6 heteroatoms. The molecule has 6 nitrogen and oxygen atoms in total. The topological polar surface area (TPSA) is 75.4 Å². The predicted octanol–water partition coefficient (Wildman–Crippen LogP) is 2.18. The van der Waals surface area contributed by atoms with Gasteiger partial charge >= 0.3 is 5.97 Å². The second-order valence-electron chi connectivity index (χ2n) is 6.63. The van der Waals surface area contributed by atoms with Crippen LogP contribution in [0.15, 0.2) is 36.5 Å². The van der Waals surface area contributed by atoms with Crippen molar-refractivity contribution < 1.29 is 14.7 Å². The van der Waals surface area contributed by atoms with Crippen molar-refractivity contribution in [2.24, 2.45) is 5.41 Å². The molecule has 24 heavy (non-hydrogen) atoms. The fraction of sp³-hybridized carbons (Fsp3) is 0.389. The van der Waals surface area contributed by atoms with Gasteiger partial charge in [0.05, 0.1) is 23.7 Å². The maximum absolute atomic E-state index is 12.7. The first-order valence-corrected chi connectivity index (χ1v) is 8.00. The second-order valence-corrected chi connectivity index (χ2v) is 6.63. The van der Waals surface area contributed by atoms with Crippen LogP contribution >= 0.6 is 0 Å². The summed E-state index contributed by atoms with van der Waals surface area (Å²) in [5, 5.41) is 13.6. The summed E-state index contributed by atoms with van der Waals surface area (Å²) in [5.74, 6) is -0.994. The number of nitrogens with zero attached hydrogens (tertiary/aromatic N) is 3. The van der Waals surface area contributed by atoms with Crippen molar-refractivity contribution in [2.75, 3.05) is 13.1 Å². The standard InChI is InChI=1S/C18H21N3O3/c1-13-15(10-19-21(13)11-14-6-4-3-5-7-14)16(22)20-9-8-18(2,12-20)17(23)24/h3-7,10H,8-9,11-12H2,1-2H3,(H,23,24)/t18-/m1/s1. The summed E-state index contributed by atoms with van der Waals surface area (Å²) in [6.45, 7) is 4.87. The Labute approximate surface area is 140 Å². The highest BCUT2D eigenvalue weighted by Crippen LogP contribution is 2.31. The molecule has 1 amide bonds. The van der Waals surface area contributed by atoms with Crippen molar-refractivity contribution in [3.63, 3.8) is 0 Å². The Balaban J connectivity index is 1.76. The van der Waals surface area contributed by atoms with E-state index in [1.54, 1.807) is 22.7 Å². The first kappa shape index (κ1) is 16.2. The van der Waals surface area contributed by atoms with Gasteiger partial charge in [-0.3, -0.25) is 14.3 Å². The number of benzene rings is 1. The molecule has 1 aromatic heterocycles. The van der Waals surface area contributed by atoms with Crippen LogP contribution in [0.5, 0.6) is 0 Å². The second kappa shape index (κ2) is 6.11. The number of carboxylic acid groups (broad SMARTS) is 1. The molecule has 0 radical (unpaired) electrons. The largest absolute Gasteiger partial charge is 0.481 e. The van der Waals surface area contributed by atoms with E-state index in [4.69, 9.17) is 0 Å². The van der Waals surface area contributed by atoms with Crippen LogP contribution in [0.1, 0.15) is 35.0 Å². The Bertz CT molecular complexity index is 769. The quantitative estimate of drug-likeness (QED) is 0.934. The molecule has 0 spiro atoms. The lowest BCUT2D eigenvalue weighted by Gasteiger charge is -2.20. The lowest BCUT2D eigenvalue weighted by molar-refractivity contribution is -0.147. The number of carboxylic acids is 1. The highest BCUT2D eigenvalue weighted by Gasteiger charge is 2.42. The summed E-state index contributed by atoms with van der Waals surface area (Å²) in [7, 11) is 0. The maximum atomic E-state index is 12.7. The molecule has 0 aliphatic carbocycles. The van der Waals surface area contributed by atoms with E-state index in [0.717, 1.165) is 11.3 Å². The number of likely N-dealkylation sites (tertiary alicyclic amines) is 1. The number of aliphatic carboxylic acids is 1. The van der Waals surface area contributed by atoms with Crippen LogP contribution in [0, 0.1) is 12.3 Å². The zero-order valence-corrected chi connectivity index (χ0v) is 13.9. The molecule has 1 N–H and O–H groups in total. The minimum Gasteiger partial charge on any atom is -0.481 e. The fourth-order valence-electron chi connectivity index (χ4n) is 3.05. The van der Waals surface area contributed by atoms with E-state index in [9.17, 15) is 14.7 Å². The van der Waals surface area contributed by atoms with Crippen molar-refractivity contribution in [1.29, 1.82) is 0 Å². The average Bonchev–Trinajstić information content (AvgIpc) is 3.13. The van der Waals surface area contributed by atoms with Crippen LogP contribution in [-0.4, -0.2) is 44.8 Å². The van der Waals surface area contributed by atoms with Gasteiger partial charge in [-0.15, -0.1) is 0 Å². The van der Waals surface area contributed by atoms with E-state index in [0.29, 0.717) is 25.1 Å². The van der Waals surface area contributed by atoms with Crippen molar-refractivity contribution in [3.05, 3.63) is 53.3 Å². The van der Waals surface area contributed by atoms with Crippen LogP contribution in [0.3, 0.4) is 0 Å². The average molecular weight is 327 g/mol. The van der Waals surface area contributed by atoms with Gasteiger partial charge in [0.1, 0.15) is 0 Å². The van der Waals surface area contributed by atoms with Gasteiger partial charge in [-0.25, -0.2) is 0 Å². The van der Waals surface area contributed by atoms with Crippen LogP contribution < -0.4 is 0 Å². The van der Waals surface area contributed by atoms with Crippen LogP contribution in [-0.2, 0) is 11.3 Å². The van der Waals surface area contributed by atoms with E-state index >= 15 is 0 Å². The van der Waals surface area contributed by atoms with Crippen LogP contribution in [0.2, 0.25) is 0 Å². The number of hydrogen-bond acceptors (Lipinski definition) is 3. The van der Waals surface area contributed by atoms with Crippen molar-refractivity contribution in [3.8, 4) is 0 Å². The van der Waals surface area contributed by atoms with E-state index in [-0.39, 0.29) is 12.5 Å². The number of amides is 1. The van der Waals surface area contributed by atoms with E-state index in [1.165, 1.54) is 0 Å². The molecule has 1 saturated heterocycles. The third-order valence-corrected chi connectivity index (χ3v) is 4.79. The Hall–Kier alpha value is -2.63. The summed E-state index contributed by atoms with van der Waals surface area (Å²) >= 11 is 0. The number of hydrogen-bond donors (Lipinski definition) is 1. The molecule has 1 fully saturated rings. The molecule has 1 aromatic carbocycles. The fourth-order valence-corrected chi connectivity index (χ4v) is 3.05. The molecular weight excluding hydrogens is 306 g/mol. The lowest BCUT2D eigenvalue weighted by Crippen LogP contribution is -2.35. The van der Waals surface area contributed by atoms with Crippen LogP contribution in [0.4, 0.5) is 0 Å². The normalized spacial score (nSPS) is 20.3. The number of aromatic nitrogens is 2. The molecule has 1 aliphatic rings. The minimum absolute atomic E-state index is 0.142. The van der Waals surface area contributed by atoms with Gasteiger partial charge in [-0.2, -0.15) is 5.10 Å². The number of rotatable bonds is 4. The monoisotopic (exact) mass is 327 g/mol. The number of carbonyl (C=O) groups excluding carboxylic acids is 1. The Morgan fingerprint density at radius 1 is 1.29 bits per heavy atom. The molecule has 0 saturated carbocycles. The Kier molecular flexibility index (Phi) is 4.13. The molecule has 0 bridgehead atoms. The van der Waals surface area contributed by atoms with Gasteiger partial charge in [0.15, 0.2) is 0 Å². The lowest BCUT2D eigenvalue weighted by atomic mass is 9.90. The summed E-state index contributed by atoms with van der Waals surface area (Å²) in [6, 6.07) is 9.93. The summed E-state index contributed by atoms with van der Waals surface area (Å²) in [4.78, 5) is 25.7. The third kappa shape index (κ3) is 2.91. The molecule has 126 valence electrons. The Morgan fingerprint density at radius 2 is 2.00 bits per heavy atom. The molecule has 0 unspecified atom stereocenters. The third-order valence-electron chi connectivity index (χ3n) is 4.79. The van der Waals surface area contributed by atoms with Gasteiger partial charge in [-0.1, -0.05) is 30.3 Å². The summed E-state index contributed by atoms with van der Waals surface area (Å²) in [6.07, 6.45) is 2.06. The maximum Gasteiger partial charge on any atom is 0.311 e. The predicted molar refractivity (Wildman–Crippen MR) is 88.8 cm³/mol. The Morgan fingerprint density at radius 3 is 2.62 bits per heavy atom. The smallest absolute Gasteiger partial charge is 0.311 e. The van der Waals surface area contributed by atoms with Gasteiger partial charge < -0.3 is 10.0 Å². The highest BCUT2D eigenvalue weighted by atomic mass is 16.4. The number of carbonyl (C=O) groups is 2. The summed E-state index contributed by atoms with van der Waals surface area (Å²) in [5.41, 5.74) is 1.60. The van der Waals surface area contributed by atoms with E-state index in [2.05, 4.69) is 5.10 Å². The summed E-state index contributed by atoms with van der Waals surface area (Å²) < 4.78 is 1.80. The minimum atomic E-state index is -0.858. The molecule has 2 heterocycles. The molecule has 3 rings (SSSR count). The van der Waals surface area contributed by atoms with Crippen molar-refractivity contribution in [1.82, 2.24) is 14.7 Å². The SMILES string of the molecule is Cc1c(C(=O)N2CC[C@@](C)(C(=O)O)C2)cnn1Cc1ccccc1. The first-order chi connectivity index (χ1) is 11.4. The highest BCUT2D eigenvalue weighted by molar-refractivity contribution is 5.95. The van der Waals surface area contributed by atoms with E-state index < -0.39 is 11.4 Å². The van der Waals surface area contributed by atoms with Gasteiger partial charge in [-0.05, 0) is 25.8 Å². The van der Waals surface area contributed by atoms with Crippen molar-refractivity contribution >= 4 is 11.9 Å². The molecular formula is C18H21N3O3. The zero-order chi connectivity index (χ0) is 17.3. The van der Waals surface area contributed by atoms with Crippen LogP contribution in [0.25, 0.3) is 0 Å².